The van der Waals surface area contributed by atoms with Gasteiger partial charge in [0.25, 0.3) is 0 Å². The first kappa shape index (κ1) is 20.5. The van der Waals surface area contributed by atoms with Crippen LogP contribution in [0, 0.1) is 12.7 Å². The van der Waals surface area contributed by atoms with Crippen molar-refractivity contribution in [1.29, 1.82) is 0 Å². The first-order valence-corrected chi connectivity index (χ1v) is 11.1. The Kier molecular flexibility index (Phi) is 7.45. The minimum Gasteiger partial charge on any atom is -0.369 e. The van der Waals surface area contributed by atoms with Crippen molar-refractivity contribution in [2.24, 2.45) is 5.73 Å². The van der Waals surface area contributed by atoms with Gasteiger partial charge in [0.05, 0.1) is 10.7 Å². The molecule has 27 heavy (non-hydrogen) atoms. The number of nitrogens with zero attached hydrogens (tertiary/aromatic N) is 1. The molecule has 0 amide bonds. The number of thioether (sulfide) groups is 1. The quantitative estimate of drug-likeness (QED) is 0.575. The Labute approximate surface area is 171 Å². The molecule has 1 saturated heterocycles. The monoisotopic (exact) mass is 406 g/mol. The summed E-state index contributed by atoms with van der Waals surface area (Å²) in [7, 11) is 0. The molecule has 5 heteroatoms. The largest absolute Gasteiger partial charge is 0.369 e. The van der Waals surface area contributed by atoms with Gasteiger partial charge >= 0.3 is 0 Å². The second-order valence-electron chi connectivity index (χ2n) is 7.19. The van der Waals surface area contributed by atoms with E-state index >= 15 is 0 Å². The topological polar surface area (TPSA) is 29.3 Å². The lowest BCUT2D eigenvalue weighted by Crippen LogP contribution is -2.30. The zero-order chi connectivity index (χ0) is 19.2. The second kappa shape index (κ2) is 9.81. The smallest absolute Gasteiger partial charge is 0.146 e. The molecule has 1 aliphatic heterocycles. The van der Waals surface area contributed by atoms with Gasteiger partial charge in [-0.15, -0.1) is 11.8 Å². The lowest BCUT2D eigenvalue weighted by Gasteiger charge is -2.29. The molecule has 1 heterocycles. The van der Waals surface area contributed by atoms with Gasteiger partial charge in [-0.25, -0.2) is 4.39 Å². The minimum absolute atomic E-state index is 0.117. The molecule has 0 atom stereocenters. The van der Waals surface area contributed by atoms with Crippen LogP contribution >= 0.6 is 23.4 Å². The number of anilines is 1. The number of hydrogen-bond donors (Lipinski definition) is 1. The van der Waals surface area contributed by atoms with Gasteiger partial charge in [0, 0.05) is 23.7 Å². The molecule has 0 saturated carbocycles. The Morgan fingerprint density at radius 3 is 2.63 bits per heavy atom. The molecule has 0 aliphatic carbocycles. The molecule has 2 nitrogen and oxygen atoms in total. The number of piperidine rings is 1. The Balaban J connectivity index is 1.73. The maximum Gasteiger partial charge on any atom is 0.146 e. The lowest BCUT2D eigenvalue weighted by atomic mass is 10.0. The van der Waals surface area contributed by atoms with E-state index in [1.54, 1.807) is 17.8 Å². The van der Waals surface area contributed by atoms with Crippen molar-refractivity contribution in [1.82, 2.24) is 0 Å². The van der Waals surface area contributed by atoms with E-state index in [1.165, 1.54) is 17.5 Å². The van der Waals surface area contributed by atoms with E-state index in [-0.39, 0.29) is 5.82 Å². The zero-order valence-corrected chi connectivity index (χ0v) is 17.5. The van der Waals surface area contributed by atoms with Crippen molar-refractivity contribution in [3.63, 3.8) is 0 Å². The fourth-order valence-corrected chi connectivity index (χ4v) is 5.10. The number of halogens is 2. The second-order valence-corrected chi connectivity index (χ2v) is 8.58. The highest BCUT2D eigenvalue weighted by Gasteiger charge is 2.16. The summed E-state index contributed by atoms with van der Waals surface area (Å²) >= 11 is 8.16. The number of nitrogens with two attached hydrogens (primary N) is 1. The molecular weight excluding hydrogens is 379 g/mol. The fraction of sp³-hybridized carbons (Fsp3) is 0.455. The maximum absolute atomic E-state index is 14.7. The number of hydrogen-bond acceptors (Lipinski definition) is 3. The van der Waals surface area contributed by atoms with E-state index in [1.807, 2.05) is 18.2 Å². The Morgan fingerprint density at radius 2 is 1.93 bits per heavy atom. The summed E-state index contributed by atoms with van der Waals surface area (Å²) in [5.74, 6) is 0.587. The van der Waals surface area contributed by atoms with Crippen molar-refractivity contribution >= 4 is 29.1 Å². The van der Waals surface area contributed by atoms with Crippen molar-refractivity contribution in [3.8, 4) is 0 Å². The van der Waals surface area contributed by atoms with Gasteiger partial charge in [0.1, 0.15) is 5.82 Å². The Morgan fingerprint density at radius 1 is 1.15 bits per heavy atom. The summed E-state index contributed by atoms with van der Waals surface area (Å²) in [5.41, 5.74) is 9.91. The molecule has 0 spiro atoms. The zero-order valence-electron chi connectivity index (χ0n) is 15.9. The summed E-state index contributed by atoms with van der Waals surface area (Å²) in [5, 5.41) is 0.767. The van der Waals surface area contributed by atoms with E-state index in [9.17, 15) is 4.39 Å². The lowest BCUT2D eigenvalue weighted by molar-refractivity contribution is 0.556. The normalized spacial score (nSPS) is 14.6. The molecule has 2 N–H and O–H groups in total. The van der Waals surface area contributed by atoms with Crippen LogP contribution in [0.25, 0.3) is 0 Å². The van der Waals surface area contributed by atoms with Gasteiger partial charge in [-0.1, -0.05) is 23.7 Å². The molecule has 0 radical (unpaired) electrons. The molecule has 1 aliphatic rings. The standard InChI is InChI=1S/C22H28ClFN2S/c1-16-7-9-19(23)22(18(16)6-5-11-25)27-15-17-8-10-21(20(24)14-17)26-12-3-2-4-13-26/h7-10,14H,2-6,11-13,15,25H2,1H3. The average molecular weight is 407 g/mol. The van der Waals surface area contributed by atoms with Gasteiger partial charge in [-0.3, -0.25) is 0 Å². The third kappa shape index (κ3) is 5.18. The number of aryl methyl sites for hydroxylation is 1. The predicted molar refractivity (Wildman–Crippen MR) is 116 cm³/mol. The van der Waals surface area contributed by atoms with E-state index in [4.69, 9.17) is 17.3 Å². The molecule has 0 bridgehead atoms. The van der Waals surface area contributed by atoms with Crippen LogP contribution in [0.2, 0.25) is 5.02 Å². The molecule has 3 rings (SSSR count). The highest BCUT2D eigenvalue weighted by Crippen LogP contribution is 2.36. The number of benzene rings is 2. The number of rotatable bonds is 7. The average Bonchev–Trinajstić information content (AvgIpc) is 2.68. The van der Waals surface area contributed by atoms with Gasteiger partial charge in [-0.05, 0) is 80.5 Å². The van der Waals surface area contributed by atoms with E-state index in [0.29, 0.717) is 12.3 Å². The van der Waals surface area contributed by atoms with Gasteiger partial charge < -0.3 is 10.6 Å². The van der Waals surface area contributed by atoms with Crippen molar-refractivity contribution < 1.29 is 4.39 Å². The molecular formula is C22H28ClFN2S. The highest BCUT2D eigenvalue weighted by molar-refractivity contribution is 7.98. The first-order chi connectivity index (χ1) is 13.1. The Bertz CT molecular complexity index is 775. The maximum atomic E-state index is 14.7. The van der Waals surface area contributed by atoms with Crippen LogP contribution in [0.5, 0.6) is 0 Å². The summed E-state index contributed by atoms with van der Waals surface area (Å²) < 4.78 is 14.7. The summed E-state index contributed by atoms with van der Waals surface area (Å²) in [6.07, 6.45) is 5.40. The van der Waals surface area contributed by atoms with Crippen LogP contribution in [-0.2, 0) is 12.2 Å². The van der Waals surface area contributed by atoms with Crippen LogP contribution < -0.4 is 10.6 Å². The van der Waals surface area contributed by atoms with Gasteiger partial charge in [-0.2, -0.15) is 0 Å². The van der Waals surface area contributed by atoms with E-state index in [2.05, 4.69) is 17.9 Å². The minimum atomic E-state index is -0.117. The van der Waals surface area contributed by atoms with Gasteiger partial charge in [0.2, 0.25) is 0 Å². The van der Waals surface area contributed by atoms with E-state index < -0.39 is 0 Å². The SMILES string of the molecule is Cc1ccc(Cl)c(SCc2ccc(N3CCCCC3)c(F)c2)c1CCCN. The summed E-state index contributed by atoms with van der Waals surface area (Å²) in [4.78, 5) is 3.27. The highest BCUT2D eigenvalue weighted by atomic mass is 35.5. The molecule has 0 aromatic heterocycles. The van der Waals surface area contributed by atoms with E-state index in [0.717, 1.165) is 59.9 Å². The predicted octanol–water partition coefficient (Wildman–Crippen LogP) is 5.96. The third-order valence-corrected chi connectivity index (χ3v) is 6.83. The molecule has 1 fully saturated rings. The van der Waals surface area contributed by atoms with Gasteiger partial charge in [0.15, 0.2) is 0 Å². The molecule has 2 aromatic carbocycles. The van der Waals surface area contributed by atoms with Crippen LogP contribution in [0.3, 0.4) is 0 Å². The fourth-order valence-electron chi connectivity index (χ4n) is 3.63. The summed E-state index contributed by atoms with van der Waals surface area (Å²) in [6, 6.07) is 9.67. The molecule has 146 valence electrons. The third-order valence-electron chi connectivity index (χ3n) is 5.17. The first-order valence-electron chi connectivity index (χ1n) is 9.74. The summed E-state index contributed by atoms with van der Waals surface area (Å²) in [6.45, 7) is 4.68. The van der Waals surface area contributed by atoms with Crippen LogP contribution in [0.4, 0.5) is 10.1 Å². The van der Waals surface area contributed by atoms with Crippen molar-refractivity contribution in [2.75, 3.05) is 24.5 Å². The molecule has 0 unspecified atom stereocenters. The van der Waals surface area contributed by atoms with Crippen LogP contribution in [0.1, 0.15) is 42.4 Å². The van der Waals surface area contributed by atoms with Crippen molar-refractivity contribution in [3.05, 3.63) is 57.9 Å². The Hall–Kier alpha value is -1.23. The van der Waals surface area contributed by atoms with Crippen LogP contribution in [0.15, 0.2) is 35.2 Å². The molecule has 2 aromatic rings. The van der Waals surface area contributed by atoms with Crippen molar-refractivity contribution in [2.45, 2.75) is 49.7 Å². The van der Waals surface area contributed by atoms with Crippen LogP contribution in [-0.4, -0.2) is 19.6 Å².